The third-order valence-electron chi connectivity index (χ3n) is 2.42. The molecule has 0 aliphatic carbocycles. The Kier molecular flexibility index (Phi) is 4.79. The van der Waals surface area contributed by atoms with Gasteiger partial charge in [-0.25, -0.2) is 4.79 Å². The molecule has 16 heavy (non-hydrogen) atoms. The van der Waals surface area contributed by atoms with Gasteiger partial charge < -0.3 is 16.4 Å². The van der Waals surface area contributed by atoms with Crippen molar-refractivity contribution in [3.63, 3.8) is 0 Å². The van der Waals surface area contributed by atoms with Gasteiger partial charge in [-0.3, -0.25) is 0 Å². The molecule has 0 aliphatic heterocycles. The van der Waals surface area contributed by atoms with Crippen LogP contribution >= 0.6 is 0 Å². The Bertz CT molecular complexity index is 352. The number of primary amides is 1. The second-order valence-corrected chi connectivity index (χ2v) is 3.88. The third-order valence-corrected chi connectivity index (χ3v) is 2.42. The molecule has 0 radical (unpaired) electrons. The first-order chi connectivity index (χ1) is 7.59. The van der Waals surface area contributed by atoms with Gasteiger partial charge in [0, 0.05) is 19.1 Å². The number of benzene rings is 1. The van der Waals surface area contributed by atoms with Crippen LogP contribution in [0.5, 0.6) is 0 Å². The zero-order valence-electron chi connectivity index (χ0n) is 9.79. The lowest BCUT2D eigenvalue weighted by atomic mass is 10.1. The smallest absolute Gasteiger partial charge is 0.312 e. The first-order valence-corrected chi connectivity index (χ1v) is 5.43. The summed E-state index contributed by atoms with van der Waals surface area (Å²) in [5.41, 5.74) is 7.46. The number of hydrogen-bond donors (Lipinski definition) is 3. The molecule has 4 heteroatoms. The van der Waals surface area contributed by atoms with Crippen LogP contribution in [0, 0.1) is 6.92 Å². The van der Waals surface area contributed by atoms with Crippen molar-refractivity contribution < 1.29 is 4.79 Å². The number of aryl methyl sites for hydroxylation is 1. The predicted octanol–water partition coefficient (Wildman–Crippen LogP) is 1.31. The van der Waals surface area contributed by atoms with Crippen molar-refractivity contribution in [2.24, 2.45) is 5.73 Å². The highest BCUT2D eigenvalue weighted by molar-refractivity contribution is 5.71. The van der Waals surface area contributed by atoms with E-state index in [0.717, 1.165) is 0 Å². The summed E-state index contributed by atoms with van der Waals surface area (Å²) >= 11 is 0. The van der Waals surface area contributed by atoms with Crippen LogP contribution in [0.3, 0.4) is 0 Å². The van der Waals surface area contributed by atoms with Crippen molar-refractivity contribution in [2.45, 2.75) is 19.9 Å². The van der Waals surface area contributed by atoms with Gasteiger partial charge in [0.15, 0.2) is 0 Å². The first kappa shape index (κ1) is 12.5. The molecule has 0 aromatic heterocycles. The van der Waals surface area contributed by atoms with E-state index in [-0.39, 0.29) is 6.04 Å². The monoisotopic (exact) mass is 221 g/mol. The van der Waals surface area contributed by atoms with Crippen LogP contribution in [-0.4, -0.2) is 19.1 Å². The Morgan fingerprint density at radius 3 is 2.81 bits per heavy atom. The number of nitrogens with two attached hydrogens (primary N) is 1. The molecule has 4 nitrogen and oxygen atoms in total. The normalized spacial score (nSPS) is 12.1. The Labute approximate surface area is 96.2 Å². The topological polar surface area (TPSA) is 67.2 Å². The van der Waals surface area contributed by atoms with Gasteiger partial charge in [0.05, 0.1) is 0 Å². The molecule has 0 saturated heterocycles. The van der Waals surface area contributed by atoms with Crippen molar-refractivity contribution >= 4 is 6.03 Å². The maximum atomic E-state index is 10.4. The molecule has 0 aliphatic rings. The fourth-order valence-corrected chi connectivity index (χ4v) is 1.53. The molecule has 2 amide bonds. The molecule has 1 unspecified atom stereocenters. The van der Waals surface area contributed by atoms with Crippen molar-refractivity contribution in [3.8, 4) is 0 Å². The molecule has 1 aromatic carbocycles. The van der Waals surface area contributed by atoms with Crippen molar-refractivity contribution in [3.05, 3.63) is 35.4 Å². The van der Waals surface area contributed by atoms with Crippen LogP contribution in [0.2, 0.25) is 0 Å². The summed E-state index contributed by atoms with van der Waals surface area (Å²) in [6, 6.07) is 8.15. The SMILES string of the molecule is Cc1cccc(C(C)NCCNC(N)=O)c1. The van der Waals surface area contributed by atoms with Gasteiger partial charge in [0.1, 0.15) is 0 Å². The van der Waals surface area contributed by atoms with E-state index in [9.17, 15) is 4.79 Å². The van der Waals surface area contributed by atoms with E-state index >= 15 is 0 Å². The summed E-state index contributed by atoms with van der Waals surface area (Å²) in [4.78, 5) is 10.4. The van der Waals surface area contributed by atoms with E-state index in [1.807, 2.05) is 6.07 Å². The van der Waals surface area contributed by atoms with Crippen LogP contribution in [0.15, 0.2) is 24.3 Å². The summed E-state index contributed by atoms with van der Waals surface area (Å²) < 4.78 is 0. The summed E-state index contributed by atoms with van der Waals surface area (Å²) in [5.74, 6) is 0. The second-order valence-electron chi connectivity index (χ2n) is 3.88. The molecule has 0 fully saturated rings. The molecule has 0 bridgehead atoms. The van der Waals surface area contributed by atoms with Gasteiger partial charge in [0.25, 0.3) is 0 Å². The van der Waals surface area contributed by atoms with E-state index in [1.165, 1.54) is 11.1 Å². The number of carbonyl (C=O) groups is 1. The number of urea groups is 1. The van der Waals surface area contributed by atoms with Gasteiger partial charge in [0.2, 0.25) is 0 Å². The molecule has 0 heterocycles. The molecular weight excluding hydrogens is 202 g/mol. The maximum Gasteiger partial charge on any atom is 0.312 e. The van der Waals surface area contributed by atoms with Gasteiger partial charge >= 0.3 is 6.03 Å². The van der Waals surface area contributed by atoms with E-state index < -0.39 is 6.03 Å². The van der Waals surface area contributed by atoms with Gasteiger partial charge in [-0.1, -0.05) is 29.8 Å². The lowest BCUT2D eigenvalue weighted by Crippen LogP contribution is -2.36. The standard InChI is InChI=1S/C12H19N3O/c1-9-4-3-5-11(8-9)10(2)14-6-7-15-12(13)16/h3-5,8,10,14H,6-7H2,1-2H3,(H3,13,15,16). The molecular formula is C12H19N3O. The van der Waals surface area contributed by atoms with Gasteiger partial charge in [-0.05, 0) is 19.4 Å². The lowest BCUT2D eigenvalue weighted by Gasteiger charge is -2.14. The van der Waals surface area contributed by atoms with Crippen molar-refractivity contribution in [1.29, 1.82) is 0 Å². The molecule has 1 atom stereocenters. The van der Waals surface area contributed by atoms with E-state index in [4.69, 9.17) is 5.73 Å². The number of amides is 2. The maximum absolute atomic E-state index is 10.4. The highest BCUT2D eigenvalue weighted by Gasteiger charge is 2.03. The molecule has 88 valence electrons. The predicted molar refractivity (Wildman–Crippen MR) is 65.2 cm³/mol. The Morgan fingerprint density at radius 1 is 1.44 bits per heavy atom. The number of hydrogen-bond acceptors (Lipinski definition) is 2. The quantitative estimate of drug-likeness (QED) is 0.656. The minimum absolute atomic E-state index is 0.273. The average Bonchev–Trinajstić information content (AvgIpc) is 2.24. The van der Waals surface area contributed by atoms with Crippen molar-refractivity contribution in [2.75, 3.05) is 13.1 Å². The molecule has 4 N–H and O–H groups in total. The van der Waals surface area contributed by atoms with Crippen LogP contribution in [0.1, 0.15) is 24.1 Å². The second kappa shape index (κ2) is 6.12. The summed E-state index contributed by atoms with van der Waals surface area (Å²) in [6.07, 6.45) is 0. The summed E-state index contributed by atoms with van der Waals surface area (Å²) in [6.45, 7) is 5.42. The van der Waals surface area contributed by atoms with Crippen LogP contribution < -0.4 is 16.4 Å². The third kappa shape index (κ3) is 4.31. The van der Waals surface area contributed by atoms with Gasteiger partial charge in [-0.15, -0.1) is 0 Å². The Morgan fingerprint density at radius 2 is 2.19 bits per heavy atom. The van der Waals surface area contributed by atoms with Crippen molar-refractivity contribution in [1.82, 2.24) is 10.6 Å². The molecule has 0 saturated carbocycles. The highest BCUT2D eigenvalue weighted by atomic mass is 16.2. The fourth-order valence-electron chi connectivity index (χ4n) is 1.53. The van der Waals surface area contributed by atoms with Crippen LogP contribution in [0.25, 0.3) is 0 Å². The minimum Gasteiger partial charge on any atom is -0.352 e. The average molecular weight is 221 g/mol. The van der Waals surface area contributed by atoms with E-state index in [2.05, 4.69) is 42.7 Å². The molecule has 0 spiro atoms. The number of rotatable bonds is 5. The van der Waals surface area contributed by atoms with E-state index in [1.54, 1.807) is 0 Å². The Balaban J connectivity index is 2.35. The highest BCUT2D eigenvalue weighted by Crippen LogP contribution is 2.12. The van der Waals surface area contributed by atoms with Crippen LogP contribution in [-0.2, 0) is 0 Å². The number of carbonyl (C=O) groups excluding carboxylic acids is 1. The Hall–Kier alpha value is -1.55. The van der Waals surface area contributed by atoms with Gasteiger partial charge in [-0.2, -0.15) is 0 Å². The fraction of sp³-hybridized carbons (Fsp3) is 0.417. The zero-order valence-corrected chi connectivity index (χ0v) is 9.79. The zero-order chi connectivity index (χ0) is 12.0. The summed E-state index contributed by atoms with van der Waals surface area (Å²) in [5, 5.41) is 5.85. The first-order valence-electron chi connectivity index (χ1n) is 5.43. The minimum atomic E-state index is -0.481. The van der Waals surface area contributed by atoms with Crippen LogP contribution in [0.4, 0.5) is 4.79 Å². The largest absolute Gasteiger partial charge is 0.352 e. The molecule has 1 aromatic rings. The van der Waals surface area contributed by atoms with E-state index in [0.29, 0.717) is 13.1 Å². The summed E-state index contributed by atoms with van der Waals surface area (Å²) in [7, 11) is 0. The number of nitrogens with one attached hydrogen (secondary N) is 2. The molecule has 1 rings (SSSR count). The lowest BCUT2D eigenvalue weighted by molar-refractivity contribution is 0.249.